The summed E-state index contributed by atoms with van der Waals surface area (Å²) in [7, 11) is -0.0460. The minimum atomic E-state index is -1.97. The Morgan fingerprint density at radius 1 is 0.886 bits per heavy atom. The van der Waals surface area contributed by atoms with Gasteiger partial charge in [0.25, 0.3) is 6.47 Å². The molecule has 1 aromatic carbocycles. The monoisotopic (exact) mass is 514 g/mol. The quantitative estimate of drug-likeness (QED) is 0.105. The zero-order valence-corrected chi connectivity index (χ0v) is 22.9. The highest BCUT2D eigenvalue weighted by atomic mass is 31.2. The van der Waals surface area contributed by atoms with E-state index in [4.69, 9.17) is 18.5 Å². The number of rotatable bonds is 25. The van der Waals surface area contributed by atoms with Crippen molar-refractivity contribution in [1.29, 1.82) is 0 Å². The van der Waals surface area contributed by atoms with Crippen LogP contribution in [0, 0.1) is 0 Å². The first-order chi connectivity index (χ1) is 17.2. The first-order valence-corrected chi connectivity index (χ1v) is 14.7. The molecule has 0 aliphatic rings. The Morgan fingerprint density at radius 3 is 2.06 bits per heavy atom. The van der Waals surface area contributed by atoms with E-state index in [9.17, 15) is 9.69 Å². The lowest BCUT2D eigenvalue weighted by molar-refractivity contribution is -0.627. The maximum absolute atomic E-state index is 10.8. The number of hydrogen-bond acceptors (Lipinski definition) is 6. The second-order valence-corrected chi connectivity index (χ2v) is 10.00. The molecule has 8 heteroatoms. The third-order valence-electron chi connectivity index (χ3n) is 5.88. The molecule has 0 aliphatic carbocycles. The van der Waals surface area contributed by atoms with Gasteiger partial charge in [0.05, 0.1) is 26.8 Å². The molecule has 0 aromatic heterocycles. The highest BCUT2D eigenvalue weighted by Crippen LogP contribution is 2.32. The van der Waals surface area contributed by atoms with Gasteiger partial charge in [-0.15, -0.1) is 0 Å². The molecule has 0 bridgehead atoms. The molecule has 0 saturated carbocycles. The predicted octanol–water partition coefficient (Wildman–Crippen LogP) is 5.30. The van der Waals surface area contributed by atoms with Gasteiger partial charge in [-0.3, -0.25) is 4.79 Å². The second-order valence-electron chi connectivity index (χ2n) is 9.00. The Bertz CT molecular complexity index is 604. The van der Waals surface area contributed by atoms with E-state index in [1.807, 2.05) is 36.6 Å². The summed E-state index contributed by atoms with van der Waals surface area (Å²) in [4.78, 5) is 20.6. The number of quaternary nitrogens is 1. The second kappa shape index (κ2) is 23.2. The lowest BCUT2D eigenvalue weighted by atomic mass is 10.1. The van der Waals surface area contributed by atoms with Crippen molar-refractivity contribution in [3.63, 3.8) is 0 Å². The Morgan fingerprint density at radius 2 is 1.49 bits per heavy atom. The van der Waals surface area contributed by atoms with E-state index in [0.717, 1.165) is 30.9 Å². The van der Waals surface area contributed by atoms with E-state index in [1.165, 1.54) is 70.6 Å². The van der Waals surface area contributed by atoms with Crippen molar-refractivity contribution < 1.29 is 33.5 Å². The first-order valence-electron chi connectivity index (χ1n) is 13.5. The van der Waals surface area contributed by atoms with Gasteiger partial charge < -0.3 is 28.7 Å². The first kappa shape index (κ1) is 31.8. The summed E-state index contributed by atoms with van der Waals surface area (Å²) in [6, 6.07) is 7.82. The molecule has 0 amide bonds. The Kier molecular flexibility index (Phi) is 21.1. The van der Waals surface area contributed by atoms with Crippen molar-refractivity contribution in [2.45, 2.75) is 96.5 Å². The van der Waals surface area contributed by atoms with Crippen LogP contribution in [0.4, 0.5) is 0 Å². The van der Waals surface area contributed by atoms with Gasteiger partial charge in [-0.2, -0.15) is 0 Å². The molecule has 3 N–H and O–H groups in total. The van der Waals surface area contributed by atoms with Crippen LogP contribution in [0.1, 0.15) is 89.5 Å². The van der Waals surface area contributed by atoms with Crippen LogP contribution >= 0.6 is 8.60 Å². The number of carbonyl (C=O) groups is 1. The molecule has 0 spiro atoms. The van der Waals surface area contributed by atoms with E-state index >= 15 is 0 Å². The zero-order valence-electron chi connectivity index (χ0n) is 22.0. The smallest absolute Gasteiger partial charge is 0.330 e. The number of nitrogens with two attached hydrogens (primary N) is 1. The Labute approximate surface area is 214 Å². The molecule has 0 saturated heterocycles. The summed E-state index contributed by atoms with van der Waals surface area (Å²) in [6.45, 7) is 4.63. The van der Waals surface area contributed by atoms with Crippen LogP contribution in [-0.4, -0.2) is 50.9 Å². The van der Waals surface area contributed by atoms with Crippen LogP contribution in [0.3, 0.4) is 0 Å². The third kappa shape index (κ3) is 18.7. The fraction of sp³-hybridized carbons (Fsp3) is 0.741. The largest absolute Gasteiger partial charge is 0.494 e. The molecule has 0 fully saturated rings. The molecule has 35 heavy (non-hydrogen) atoms. The van der Waals surface area contributed by atoms with Crippen LogP contribution in [0.5, 0.6) is 5.75 Å². The SMILES string of the molecule is CCCCCCCCCCCCCCOc1ccc(CC(COP(O)OCC[NH2+]C)OC=O)cc1. The fourth-order valence-electron chi connectivity index (χ4n) is 3.78. The topological polar surface area (TPSA) is 90.8 Å². The number of hydrogen-bond donors (Lipinski definition) is 2. The van der Waals surface area contributed by atoms with Crippen molar-refractivity contribution in [3.05, 3.63) is 29.8 Å². The molecule has 1 aromatic rings. The molecule has 202 valence electrons. The average Bonchev–Trinajstić information content (AvgIpc) is 2.86. The van der Waals surface area contributed by atoms with Crippen LogP contribution in [0.2, 0.25) is 0 Å². The molecule has 0 radical (unpaired) electrons. The fourth-order valence-corrected chi connectivity index (χ4v) is 4.41. The van der Waals surface area contributed by atoms with Gasteiger partial charge in [0.15, 0.2) is 0 Å². The molecule has 2 atom stereocenters. The van der Waals surface area contributed by atoms with E-state index < -0.39 is 14.7 Å². The van der Waals surface area contributed by atoms with Gasteiger partial charge in [0.2, 0.25) is 0 Å². The minimum absolute atomic E-state index is 0.0774. The number of ether oxygens (including phenoxy) is 2. The van der Waals surface area contributed by atoms with Gasteiger partial charge in [-0.1, -0.05) is 89.7 Å². The average molecular weight is 515 g/mol. The molecule has 7 nitrogen and oxygen atoms in total. The molecular weight excluding hydrogens is 465 g/mol. The molecular formula is C27H49NO6P+. The van der Waals surface area contributed by atoms with Gasteiger partial charge in [0.1, 0.15) is 18.5 Å². The van der Waals surface area contributed by atoms with Gasteiger partial charge in [0, 0.05) is 6.42 Å². The van der Waals surface area contributed by atoms with Crippen LogP contribution in [-0.2, 0) is 25.0 Å². The van der Waals surface area contributed by atoms with Crippen LogP contribution in [0.25, 0.3) is 0 Å². The summed E-state index contributed by atoms with van der Waals surface area (Å²) in [5.74, 6) is 0.848. The summed E-state index contributed by atoms with van der Waals surface area (Å²) in [6.07, 6.45) is 16.0. The highest BCUT2D eigenvalue weighted by Gasteiger charge is 2.15. The number of carbonyl (C=O) groups excluding carboxylic acids is 1. The van der Waals surface area contributed by atoms with E-state index in [-0.39, 0.29) is 6.61 Å². The number of likely N-dealkylation sites (N-methyl/N-ethyl adjacent to an activating group) is 1. The lowest BCUT2D eigenvalue weighted by Crippen LogP contribution is -2.80. The van der Waals surface area contributed by atoms with Gasteiger partial charge >= 0.3 is 8.60 Å². The molecule has 2 unspecified atom stereocenters. The summed E-state index contributed by atoms with van der Waals surface area (Å²) < 4.78 is 21.5. The van der Waals surface area contributed by atoms with E-state index in [2.05, 4.69) is 6.92 Å². The zero-order chi connectivity index (χ0) is 25.4. The van der Waals surface area contributed by atoms with Crippen molar-refractivity contribution in [2.24, 2.45) is 0 Å². The molecule has 1 rings (SSSR count). The Hall–Kier alpha value is -1.24. The number of unbranched alkanes of at least 4 members (excludes halogenated alkanes) is 11. The predicted molar refractivity (Wildman–Crippen MR) is 141 cm³/mol. The van der Waals surface area contributed by atoms with E-state index in [0.29, 0.717) is 19.5 Å². The lowest BCUT2D eigenvalue weighted by Gasteiger charge is -2.17. The maximum atomic E-state index is 10.8. The standard InChI is InChI=1S/C27H48NO6P/c1-3-4-5-6-7-8-9-10-11-12-13-14-20-31-26-17-15-25(16-18-26)22-27(32-24-29)23-34-35(30)33-21-19-28-2/h15-18,24,27-28,30H,3-14,19-23H2,1-2H3/p+1. The van der Waals surface area contributed by atoms with E-state index in [1.54, 1.807) is 0 Å². The third-order valence-corrected chi connectivity index (χ3v) is 6.65. The normalized spacial score (nSPS) is 12.9. The van der Waals surface area contributed by atoms with Crippen LogP contribution in [0.15, 0.2) is 24.3 Å². The highest BCUT2D eigenvalue weighted by molar-refractivity contribution is 7.40. The minimum Gasteiger partial charge on any atom is -0.494 e. The van der Waals surface area contributed by atoms with Gasteiger partial charge in [-0.25, -0.2) is 0 Å². The summed E-state index contributed by atoms with van der Waals surface area (Å²) >= 11 is 0. The molecule has 0 aliphatic heterocycles. The number of benzene rings is 1. The van der Waals surface area contributed by atoms with Crippen LogP contribution < -0.4 is 10.1 Å². The van der Waals surface area contributed by atoms with Crippen molar-refractivity contribution in [2.75, 3.05) is 33.4 Å². The van der Waals surface area contributed by atoms with Gasteiger partial charge in [-0.05, 0) is 24.1 Å². The summed E-state index contributed by atoms with van der Waals surface area (Å²) in [5.41, 5.74) is 1.00. The summed E-state index contributed by atoms with van der Waals surface area (Å²) in [5, 5.41) is 1.95. The maximum Gasteiger partial charge on any atom is 0.330 e. The van der Waals surface area contributed by atoms with Crippen molar-refractivity contribution >= 4 is 15.1 Å². The Balaban J connectivity index is 2.12. The van der Waals surface area contributed by atoms with Crippen molar-refractivity contribution in [1.82, 2.24) is 0 Å². The van der Waals surface area contributed by atoms with Crippen molar-refractivity contribution in [3.8, 4) is 5.75 Å². The molecule has 0 heterocycles.